The molecule has 0 spiro atoms. The second-order valence-corrected chi connectivity index (χ2v) is 4.75. The Morgan fingerprint density at radius 1 is 1.35 bits per heavy atom. The maximum atomic E-state index is 12.0. The van der Waals surface area contributed by atoms with Crippen molar-refractivity contribution in [1.29, 1.82) is 0 Å². The number of amides is 2. The van der Waals surface area contributed by atoms with E-state index in [-0.39, 0.29) is 17.9 Å². The van der Waals surface area contributed by atoms with Gasteiger partial charge in [-0.1, -0.05) is 6.92 Å². The smallest absolute Gasteiger partial charge is 0.229 e. The Hall–Kier alpha value is -2.04. The molecule has 1 atom stereocenters. The maximum Gasteiger partial charge on any atom is 0.229 e. The van der Waals surface area contributed by atoms with E-state index in [1.54, 1.807) is 11.8 Å². The second kappa shape index (κ2) is 6.41. The maximum absolute atomic E-state index is 12.0. The van der Waals surface area contributed by atoms with Gasteiger partial charge in [-0.15, -0.1) is 0 Å². The number of carbonyl (C=O) groups is 2. The summed E-state index contributed by atoms with van der Waals surface area (Å²) in [6.07, 6.45) is 0.798. The zero-order valence-corrected chi connectivity index (χ0v) is 11.9. The molecular formula is C15H20N2O3. The number of ether oxygens (including phenoxy) is 1. The SMILES string of the molecule is CCOc1ccc(N2C[C@H](NC(=O)CC)CC2=O)cc1. The fourth-order valence-corrected chi connectivity index (χ4v) is 2.27. The van der Waals surface area contributed by atoms with Gasteiger partial charge in [-0.25, -0.2) is 0 Å². The average molecular weight is 276 g/mol. The minimum absolute atomic E-state index is 0.0173. The largest absolute Gasteiger partial charge is 0.494 e. The Morgan fingerprint density at radius 3 is 2.65 bits per heavy atom. The quantitative estimate of drug-likeness (QED) is 0.890. The molecule has 20 heavy (non-hydrogen) atoms. The Morgan fingerprint density at radius 2 is 2.05 bits per heavy atom. The highest BCUT2D eigenvalue weighted by Gasteiger charge is 2.31. The van der Waals surface area contributed by atoms with Gasteiger partial charge < -0.3 is 15.0 Å². The highest BCUT2D eigenvalue weighted by atomic mass is 16.5. The molecule has 1 fully saturated rings. The summed E-state index contributed by atoms with van der Waals surface area (Å²) in [7, 11) is 0. The zero-order valence-electron chi connectivity index (χ0n) is 11.9. The third kappa shape index (κ3) is 3.29. The van der Waals surface area contributed by atoms with Crippen molar-refractivity contribution in [3.63, 3.8) is 0 Å². The van der Waals surface area contributed by atoms with Gasteiger partial charge in [0.2, 0.25) is 11.8 Å². The summed E-state index contributed by atoms with van der Waals surface area (Å²) in [4.78, 5) is 25.1. The minimum atomic E-state index is -0.0958. The van der Waals surface area contributed by atoms with Crippen molar-refractivity contribution in [2.75, 3.05) is 18.1 Å². The Bertz CT molecular complexity index is 484. The molecule has 1 saturated heterocycles. The van der Waals surface area contributed by atoms with Crippen molar-refractivity contribution >= 4 is 17.5 Å². The van der Waals surface area contributed by atoms with Crippen LogP contribution in [-0.4, -0.2) is 31.0 Å². The molecule has 2 rings (SSSR count). The molecular weight excluding hydrogens is 256 g/mol. The van der Waals surface area contributed by atoms with Crippen LogP contribution in [0, 0.1) is 0 Å². The monoisotopic (exact) mass is 276 g/mol. The predicted molar refractivity (Wildman–Crippen MR) is 76.8 cm³/mol. The van der Waals surface area contributed by atoms with Gasteiger partial charge in [-0.2, -0.15) is 0 Å². The topological polar surface area (TPSA) is 58.6 Å². The lowest BCUT2D eigenvalue weighted by atomic mass is 10.2. The number of hydrogen-bond acceptors (Lipinski definition) is 3. The summed E-state index contributed by atoms with van der Waals surface area (Å²) in [5.41, 5.74) is 0.840. The number of carbonyl (C=O) groups excluding carboxylic acids is 2. The van der Waals surface area contributed by atoms with Crippen molar-refractivity contribution in [3.8, 4) is 5.75 Å². The highest BCUT2D eigenvalue weighted by Crippen LogP contribution is 2.24. The van der Waals surface area contributed by atoms with Gasteiger partial charge in [0.25, 0.3) is 0 Å². The van der Waals surface area contributed by atoms with E-state index in [1.165, 1.54) is 0 Å². The Balaban J connectivity index is 2.02. The number of nitrogens with one attached hydrogen (secondary N) is 1. The summed E-state index contributed by atoms with van der Waals surface area (Å²) < 4.78 is 5.38. The molecule has 1 aromatic carbocycles. The minimum Gasteiger partial charge on any atom is -0.494 e. The third-order valence-corrected chi connectivity index (χ3v) is 3.27. The zero-order chi connectivity index (χ0) is 14.5. The van der Waals surface area contributed by atoms with Crippen molar-refractivity contribution in [2.45, 2.75) is 32.7 Å². The van der Waals surface area contributed by atoms with Crippen LogP contribution in [0.15, 0.2) is 24.3 Å². The lowest BCUT2D eigenvalue weighted by Gasteiger charge is -2.17. The molecule has 0 aliphatic carbocycles. The van der Waals surface area contributed by atoms with Crippen molar-refractivity contribution < 1.29 is 14.3 Å². The average Bonchev–Trinajstić information content (AvgIpc) is 2.80. The van der Waals surface area contributed by atoms with E-state index in [2.05, 4.69) is 5.32 Å². The third-order valence-electron chi connectivity index (χ3n) is 3.27. The summed E-state index contributed by atoms with van der Waals surface area (Å²) in [6.45, 7) is 4.88. The molecule has 1 heterocycles. The number of benzene rings is 1. The van der Waals surface area contributed by atoms with E-state index in [0.29, 0.717) is 26.0 Å². The lowest BCUT2D eigenvalue weighted by Crippen LogP contribution is -2.36. The van der Waals surface area contributed by atoms with Crippen LogP contribution in [0.2, 0.25) is 0 Å². The van der Waals surface area contributed by atoms with Crippen molar-refractivity contribution in [2.24, 2.45) is 0 Å². The molecule has 0 unspecified atom stereocenters. The van der Waals surface area contributed by atoms with Crippen LogP contribution in [0.5, 0.6) is 5.75 Å². The van der Waals surface area contributed by atoms with Gasteiger partial charge in [0, 0.05) is 25.1 Å². The number of nitrogens with zero attached hydrogens (tertiary/aromatic N) is 1. The summed E-state index contributed by atoms with van der Waals surface area (Å²) in [6, 6.07) is 7.34. The summed E-state index contributed by atoms with van der Waals surface area (Å²) >= 11 is 0. The predicted octanol–water partition coefficient (Wildman–Crippen LogP) is 1.72. The van der Waals surface area contributed by atoms with E-state index in [4.69, 9.17) is 4.74 Å². The summed E-state index contributed by atoms with van der Waals surface area (Å²) in [5.74, 6) is 0.811. The fourth-order valence-electron chi connectivity index (χ4n) is 2.27. The number of anilines is 1. The highest BCUT2D eigenvalue weighted by molar-refractivity contribution is 5.96. The Labute approximate surface area is 118 Å². The first-order valence-electron chi connectivity index (χ1n) is 6.96. The normalized spacial score (nSPS) is 18.2. The first-order chi connectivity index (χ1) is 9.63. The van der Waals surface area contributed by atoms with Crippen LogP contribution in [0.25, 0.3) is 0 Å². The van der Waals surface area contributed by atoms with E-state index in [9.17, 15) is 9.59 Å². The van der Waals surface area contributed by atoms with Crippen LogP contribution in [0.4, 0.5) is 5.69 Å². The molecule has 1 N–H and O–H groups in total. The summed E-state index contributed by atoms with van der Waals surface area (Å²) in [5, 5.41) is 2.86. The van der Waals surface area contributed by atoms with E-state index >= 15 is 0 Å². The van der Waals surface area contributed by atoms with Crippen LogP contribution in [-0.2, 0) is 9.59 Å². The molecule has 0 bridgehead atoms. The van der Waals surface area contributed by atoms with Crippen LogP contribution in [0.3, 0.4) is 0 Å². The van der Waals surface area contributed by atoms with Gasteiger partial charge >= 0.3 is 0 Å². The van der Waals surface area contributed by atoms with E-state index in [0.717, 1.165) is 11.4 Å². The number of hydrogen-bond donors (Lipinski definition) is 1. The van der Waals surface area contributed by atoms with Gasteiger partial charge in [0.1, 0.15) is 5.75 Å². The van der Waals surface area contributed by atoms with Crippen LogP contribution in [0.1, 0.15) is 26.7 Å². The molecule has 5 heteroatoms. The van der Waals surface area contributed by atoms with Crippen LogP contribution >= 0.6 is 0 Å². The second-order valence-electron chi connectivity index (χ2n) is 4.75. The van der Waals surface area contributed by atoms with Gasteiger partial charge in [0.05, 0.1) is 12.6 Å². The molecule has 0 radical (unpaired) electrons. The lowest BCUT2D eigenvalue weighted by molar-refractivity contribution is -0.121. The molecule has 108 valence electrons. The van der Waals surface area contributed by atoms with Gasteiger partial charge in [-0.05, 0) is 31.2 Å². The number of rotatable bonds is 5. The molecule has 0 aromatic heterocycles. The Kier molecular flexibility index (Phi) is 4.61. The molecule has 1 aliphatic heterocycles. The first-order valence-corrected chi connectivity index (χ1v) is 6.96. The van der Waals surface area contributed by atoms with E-state index < -0.39 is 0 Å². The molecule has 0 saturated carbocycles. The van der Waals surface area contributed by atoms with E-state index in [1.807, 2.05) is 31.2 Å². The molecule has 5 nitrogen and oxygen atoms in total. The van der Waals surface area contributed by atoms with Crippen LogP contribution < -0.4 is 15.0 Å². The van der Waals surface area contributed by atoms with Gasteiger partial charge in [-0.3, -0.25) is 9.59 Å². The first kappa shape index (κ1) is 14.4. The standard InChI is InChI=1S/C15H20N2O3/c1-3-14(18)16-11-9-15(19)17(10-11)12-5-7-13(8-6-12)20-4-2/h5-8,11H,3-4,9-10H2,1-2H3,(H,16,18)/t11-/m1/s1. The molecule has 1 aliphatic rings. The van der Waals surface area contributed by atoms with Crippen molar-refractivity contribution in [1.82, 2.24) is 5.32 Å². The molecule has 2 amide bonds. The van der Waals surface area contributed by atoms with Crippen molar-refractivity contribution in [3.05, 3.63) is 24.3 Å². The molecule has 1 aromatic rings. The fraction of sp³-hybridized carbons (Fsp3) is 0.467. The van der Waals surface area contributed by atoms with Gasteiger partial charge in [0.15, 0.2) is 0 Å².